The molecular formula is C12H14ClF4N. The Morgan fingerprint density at radius 2 is 2.00 bits per heavy atom. The molecule has 1 nitrogen and oxygen atoms in total. The highest BCUT2D eigenvalue weighted by Gasteiger charge is 2.26. The van der Waals surface area contributed by atoms with Crippen LogP contribution in [0.5, 0.6) is 0 Å². The lowest BCUT2D eigenvalue weighted by atomic mass is 10.1. The SMILES string of the molecule is CC(CCCC(F)(F)F)Nc1cccc(Cl)c1F. The van der Waals surface area contributed by atoms with Crippen LogP contribution < -0.4 is 5.32 Å². The van der Waals surface area contributed by atoms with Crippen LogP contribution in [0.25, 0.3) is 0 Å². The first-order valence-electron chi connectivity index (χ1n) is 5.57. The van der Waals surface area contributed by atoms with Crippen molar-refractivity contribution in [3.05, 3.63) is 29.0 Å². The van der Waals surface area contributed by atoms with Gasteiger partial charge in [0.15, 0.2) is 5.82 Å². The topological polar surface area (TPSA) is 12.0 Å². The van der Waals surface area contributed by atoms with Crippen molar-refractivity contribution in [2.45, 2.75) is 38.4 Å². The van der Waals surface area contributed by atoms with Crippen LogP contribution in [-0.2, 0) is 0 Å². The van der Waals surface area contributed by atoms with Crippen LogP contribution >= 0.6 is 11.6 Å². The minimum absolute atomic E-state index is 0.0116. The highest BCUT2D eigenvalue weighted by atomic mass is 35.5. The largest absolute Gasteiger partial charge is 0.389 e. The molecule has 0 fully saturated rings. The average Bonchev–Trinajstić information content (AvgIpc) is 2.23. The first kappa shape index (κ1) is 15.1. The molecule has 0 saturated carbocycles. The van der Waals surface area contributed by atoms with Gasteiger partial charge in [-0.25, -0.2) is 4.39 Å². The van der Waals surface area contributed by atoms with E-state index in [-0.39, 0.29) is 23.2 Å². The third-order valence-electron chi connectivity index (χ3n) is 2.45. The summed E-state index contributed by atoms with van der Waals surface area (Å²) in [4.78, 5) is 0. The second-order valence-corrected chi connectivity index (χ2v) is 4.56. The molecule has 1 unspecified atom stereocenters. The molecule has 0 heterocycles. The second kappa shape index (κ2) is 6.27. The van der Waals surface area contributed by atoms with Crippen LogP contribution in [0.4, 0.5) is 23.2 Å². The van der Waals surface area contributed by atoms with Gasteiger partial charge in [-0.1, -0.05) is 17.7 Å². The molecule has 0 aliphatic carbocycles. The number of rotatable bonds is 5. The fourth-order valence-electron chi connectivity index (χ4n) is 1.56. The third kappa shape index (κ3) is 5.12. The molecule has 0 aromatic heterocycles. The summed E-state index contributed by atoms with van der Waals surface area (Å²) in [6.07, 6.45) is -4.64. The minimum Gasteiger partial charge on any atom is -0.380 e. The predicted molar refractivity (Wildman–Crippen MR) is 64.4 cm³/mol. The van der Waals surface area contributed by atoms with E-state index < -0.39 is 18.4 Å². The summed E-state index contributed by atoms with van der Waals surface area (Å²) in [6.45, 7) is 1.71. The van der Waals surface area contributed by atoms with Crippen molar-refractivity contribution in [3.63, 3.8) is 0 Å². The molecule has 1 aromatic carbocycles. The maximum Gasteiger partial charge on any atom is 0.389 e. The third-order valence-corrected chi connectivity index (χ3v) is 2.74. The molecule has 1 N–H and O–H groups in total. The number of alkyl halides is 3. The van der Waals surface area contributed by atoms with Gasteiger partial charge in [-0.05, 0) is 31.9 Å². The summed E-state index contributed by atoms with van der Waals surface area (Å²) in [5.74, 6) is -0.582. The highest BCUT2D eigenvalue weighted by Crippen LogP contribution is 2.25. The smallest absolute Gasteiger partial charge is 0.380 e. The predicted octanol–water partition coefficient (Wildman–Crippen LogP) is 5.01. The molecule has 1 atom stereocenters. The van der Waals surface area contributed by atoms with E-state index in [1.165, 1.54) is 12.1 Å². The first-order chi connectivity index (χ1) is 8.29. The Labute approximate surface area is 108 Å². The Hall–Kier alpha value is -0.970. The van der Waals surface area contributed by atoms with Crippen LogP contribution in [0.3, 0.4) is 0 Å². The normalized spacial score (nSPS) is 13.4. The van der Waals surface area contributed by atoms with Crippen LogP contribution in [0, 0.1) is 5.82 Å². The number of halogens is 5. The van der Waals surface area contributed by atoms with E-state index in [1.807, 2.05) is 0 Å². The maximum atomic E-state index is 13.5. The zero-order valence-corrected chi connectivity index (χ0v) is 10.6. The molecule has 1 rings (SSSR count). The van der Waals surface area contributed by atoms with Crippen molar-refractivity contribution in [1.29, 1.82) is 0 Å². The number of benzene rings is 1. The van der Waals surface area contributed by atoms with Gasteiger partial charge in [-0.15, -0.1) is 0 Å². The molecule has 0 saturated heterocycles. The van der Waals surface area contributed by atoms with Gasteiger partial charge in [-0.3, -0.25) is 0 Å². The fraction of sp³-hybridized carbons (Fsp3) is 0.500. The van der Waals surface area contributed by atoms with Gasteiger partial charge in [0, 0.05) is 12.5 Å². The maximum absolute atomic E-state index is 13.5. The van der Waals surface area contributed by atoms with Crippen molar-refractivity contribution >= 4 is 17.3 Å². The van der Waals surface area contributed by atoms with Gasteiger partial charge in [-0.2, -0.15) is 13.2 Å². The van der Waals surface area contributed by atoms with Gasteiger partial charge in [0.1, 0.15) is 0 Å². The Kier molecular flexibility index (Phi) is 5.26. The standard InChI is InChI=1S/C12H14ClF4N/c1-8(4-3-7-12(15,16)17)18-10-6-2-5-9(13)11(10)14/h2,5-6,8,18H,3-4,7H2,1H3. The van der Waals surface area contributed by atoms with Crippen LogP contribution in [0.15, 0.2) is 18.2 Å². The summed E-state index contributed by atoms with van der Waals surface area (Å²) >= 11 is 5.60. The zero-order valence-electron chi connectivity index (χ0n) is 9.82. The second-order valence-electron chi connectivity index (χ2n) is 4.15. The lowest BCUT2D eigenvalue weighted by Gasteiger charge is -2.16. The molecule has 0 amide bonds. The molecule has 0 aliphatic heterocycles. The molecule has 0 aliphatic rings. The van der Waals surface area contributed by atoms with E-state index in [4.69, 9.17) is 11.6 Å². The lowest BCUT2D eigenvalue weighted by Crippen LogP contribution is -2.17. The van der Waals surface area contributed by atoms with Crippen molar-refractivity contribution in [2.75, 3.05) is 5.32 Å². The van der Waals surface area contributed by atoms with E-state index >= 15 is 0 Å². The molecule has 6 heteroatoms. The molecule has 102 valence electrons. The Morgan fingerprint density at radius 1 is 1.33 bits per heavy atom. The van der Waals surface area contributed by atoms with E-state index in [1.54, 1.807) is 13.0 Å². The van der Waals surface area contributed by atoms with Gasteiger partial charge in [0.05, 0.1) is 10.7 Å². The van der Waals surface area contributed by atoms with Crippen molar-refractivity contribution < 1.29 is 17.6 Å². The summed E-state index contributed by atoms with van der Waals surface area (Å²) in [6, 6.07) is 4.24. The molecule has 0 bridgehead atoms. The molecule has 18 heavy (non-hydrogen) atoms. The van der Waals surface area contributed by atoms with E-state index in [9.17, 15) is 17.6 Å². The number of hydrogen-bond donors (Lipinski definition) is 1. The Morgan fingerprint density at radius 3 is 2.61 bits per heavy atom. The van der Waals surface area contributed by atoms with Gasteiger partial charge < -0.3 is 5.32 Å². The van der Waals surface area contributed by atoms with Gasteiger partial charge >= 0.3 is 6.18 Å². The fourth-order valence-corrected chi connectivity index (χ4v) is 1.74. The van der Waals surface area contributed by atoms with Gasteiger partial charge in [0.2, 0.25) is 0 Å². The van der Waals surface area contributed by atoms with E-state index in [2.05, 4.69) is 5.32 Å². The lowest BCUT2D eigenvalue weighted by molar-refractivity contribution is -0.135. The van der Waals surface area contributed by atoms with Crippen molar-refractivity contribution in [1.82, 2.24) is 0 Å². The van der Waals surface area contributed by atoms with Crippen molar-refractivity contribution in [3.8, 4) is 0 Å². The van der Waals surface area contributed by atoms with E-state index in [0.717, 1.165) is 0 Å². The van der Waals surface area contributed by atoms with E-state index in [0.29, 0.717) is 6.42 Å². The summed E-state index contributed by atoms with van der Waals surface area (Å²) < 4.78 is 49.4. The quantitative estimate of drug-likeness (QED) is 0.749. The summed E-state index contributed by atoms with van der Waals surface area (Å²) in [5.41, 5.74) is 0.210. The van der Waals surface area contributed by atoms with Crippen LogP contribution in [-0.4, -0.2) is 12.2 Å². The van der Waals surface area contributed by atoms with Crippen LogP contribution in [0.1, 0.15) is 26.2 Å². The average molecular weight is 284 g/mol. The first-order valence-corrected chi connectivity index (χ1v) is 5.94. The molecule has 1 aromatic rings. The number of nitrogens with one attached hydrogen (secondary N) is 1. The Balaban J connectivity index is 2.45. The highest BCUT2D eigenvalue weighted by molar-refractivity contribution is 6.31. The summed E-state index contributed by atoms with van der Waals surface area (Å²) in [7, 11) is 0. The van der Waals surface area contributed by atoms with Crippen LogP contribution in [0.2, 0.25) is 5.02 Å². The molecule has 0 radical (unpaired) electrons. The minimum atomic E-state index is -4.14. The summed E-state index contributed by atoms with van der Waals surface area (Å²) in [5, 5.41) is 2.80. The zero-order chi connectivity index (χ0) is 13.8. The number of hydrogen-bond acceptors (Lipinski definition) is 1. The van der Waals surface area contributed by atoms with Crippen molar-refractivity contribution in [2.24, 2.45) is 0 Å². The monoisotopic (exact) mass is 283 g/mol. The molecule has 0 spiro atoms. The Bertz CT molecular complexity index is 392. The van der Waals surface area contributed by atoms with Gasteiger partial charge in [0.25, 0.3) is 0 Å². The molecular weight excluding hydrogens is 270 g/mol. The number of anilines is 1.